The van der Waals surface area contributed by atoms with Crippen molar-refractivity contribution in [2.24, 2.45) is 5.73 Å². The van der Waals surface area contributed by atoms with Crippen molar-refractivity contribution in [2.45, 2.75) is 57.2 Å². The van der Waals surface area contributed by atoms with Gasteiger partial charge in [-0.05, 0) is 39.2 Å². The van der Waals surface area contributed by atoms with Crippen molar-refractivity contribution in [2.75, 3.05) is 26.3 Å². The van der Waals surface area contributed by atoms with Gasteiger partial charge in [-0.1, -0.05) is 6.42 Å². The third-order valence-corrected chi connectivity index (χ3v) is 4.20. The van der Waals surface area contributed by atoms with Crippen LogP contribution in [-0.4, -0.2) is 55.2 Å². The van der Waals surface area contributed by atoms with Crippen LogP contribution < -0.4 is 11.1 Å². The van der Waals surface area contributed by atoms with Gasteiger partial charge in [-0.15, -0.1) is 12.4 Å². The molecule has 0 bridgehead atoms. The van der Waals surface area contributed by atoms with E-state index in [2.05, 4.69) is 10.2 Å². The molecule has 0 radical (unpaired) electrons. The van der Waals surface area contributed by atoms with Crippen molar-refractivity contribution in [1.29, 1.82) is 0 Å². The number of likely N-dealkylation sites (tertiary alicyclic amines) is 1. The molecule has 2 saturated heterocycles. The van der Waals surface area contributed by atoms with Gasteiger partial charge < -0.3 is 15.8 Å². The minimum Gasteiger partial charge on any atom is -0.381 e. The summed E-state index contributed by atoms with van der Waals surface area (Å²) in [7, 11) is 0. The smallest absolute Gasteiger partial charge is 0.234 e. The Morgan fingerprint density at radius 1 is 1.35 bits per heavy atom. The quantitative estimate of drug-likeness (QED) is 0.810. The third kappa shape index (κ3) is 5.20. The average molecular weight is 306 g/mol. The summed E-state index contributed by atoms with van der Waals surface area (Å²) in [5, 5.41) is 3.12. The topological polar surface area (TPSA) is 67.6 Å². The third-order valence-electron chi connectivity index (χ3n) is 4.20. The average Bonchev–Trinajstić information content (AvgIpc) is 2.40. The second-order valence-corrected chi connectivity index (χ2v) is 5.85. The van der Waals surface area contributed by atoms with E-state index >= 15 is 0 Å². The van der Waals surface area contributed by atoms with Gasteiger partial charge in [0.1, 0.15) is 0 Å². The second-order valence-electron chi connectivity index (χ2n) is 5.85. The molecule has 0 aliphatic carbocycles. The molecule has 1 amide bonds. The highest BCUT2D eigenvalue weighted by Crippen LogP contribution is 2.18. The highest BCUT2D eigenvalue weighted by Gasteiger charge is 2.27. The first kappa shape index (κ1) is 17.7. The molecule has 2 atom stereocenters. The number of piperidine rings is 1. The van der Waals surface area contributed by atoms with Crippen molar-refractivity contribution in [3.63, 3.8) is 0 Å². The number of halogens is 1. The summed E-state index contributed by atoms with van der Waals surface area (Å²) in [5.74, 6) is 0.138. The molecule has 0 aromatic rings. The standard InChI is InChI=1S/C14H27N3O2.ClH/c1-11(15)13-4-2-3-7-17(13)10-14(18)16-12-5-8-19-9-6-12;/h11-13H,2-10,15H2,1H3,(H,16,18);1H. The number of ether oxygens (including phenoxy) is 1. The molecule has 0 saturated carbocycles. The molecular weight excluding hydrogens is 278 g/mol. The van der Waals surface area contributed by atoms with Crippen molar-refractivity contribution in [1.82, 2.24) is 10.2 Å². The van der Waals surface area contributed by atoms with E-state index in [4.69, 9.17) is 10.5 Å². The maximum Gasteiger partial charge on any atom is 0.234 e. The first-order valence-electron chi connectivity index (χ1n) is 7.53. The molecule has 0 aromatic heterocycles. The Bertz CT molecular complexity index is 296. The molecular formula is C14H28ClN3O2. The van der Waals surface area contributed by atoms with E-state index in [1.54, 1.807) is 0 Å². The van der Waals surface area contributed by atoms with Gasteiger partial charge in [-0.25, -0.2) is 0 Å². The Morgan fingerprint density at radius 3 is 2.70 bits per heavy atom. The number of carbonyl (C=O) groups is 1. The van der Waals surface area contributed by atoms with Crippen LogP contribution in [-0.2, 0) is 9.53 Å². The van der Waals surface area contributed by atoms with Crippen LogP contribution in [0.15, 0.2) is 0 Å². The molecule has 5 nitrogen and oxygen atoms in total. The molecule has 3 N–H and O–H groups in total. The van der Waals surface area contributed by atoms with E-state index in [1.165, 1.54) is 12.8 Å². The van der Waals surface area contributed by atoms with Gasteiger partial charge in [-0.3, -0.25) is 9.69 Å². The monoisotopic (exact) mass is 305 g/mol. The highest BCUT2D eigenvalue weighted by atomic mass is 35.5. The Hall–Kier alpha value is -0.360. The van der Waals surface area contributed by atoms with Crippen LogP contribution in [0.25, 0.3) is 0 Å². The van der Waals surface area contributed by atoms with Crippen LogP contribution in [0.4, 0.5) is 0 Å². The minimum atomic E-state index is 0. The summed E-state index contributed by atoms with van der Waals surface area (Å²) in [6.07, 6.45) is 5.38. The number of rotatable bonds is 4. The summed E-state index contributed by atoms with van der Waals surface area (Å²) in [6, 6.07) is 0.783. The van der Waals surface area contributed by atoms with E-state index in [1.807, 2.05) is 6.92 Å². The molecule has 2 aliphatic rings. The summed E-state index contributed by atoms with van der Waals surface area (Å²) in [4.78, 5) is 14.4. The number of nitrogens with zero attached hydrogens (tertiary/aromatic N) is 1. The zero-order chi connectivity index (χ0) is 13.7. The van der Waals surface area contributed by atoms with Crippen LogP contribution in [0.1, 0.15) is 39.0 Å². The van der Waals surface area contributed by atoms with Gasteiger partial charge >= 0.3 is 0 Å². The van der Waals surface area contributed by atoms with E-state index in [9.17, 15) is 4.79 Å². The zero-order valence-electron chi connectivity index (χ0n) is 12.3. The van der Waals surface area contributed by atoms with E-state index in [0.717, 1.165) is 39.0 Å². The van der Waals surface area contributed by atoms with Crippen LogP contribution in [0.2, 0.25) is 0 Å². The number of hydrogen-bond donors (Lipinski definition) is 2. The Morgan fingerprint density at radius 2 is 2.05 bits per heavy atom. The maximum absolute atomic E-state index is 12.1. The van der Waals surface area contributed by atoms with Crippen molar-refractivity contribution in [3.8, 4) is 0 Å². The normalized spacial score (nSPS) is 26.6. The first-order valence-corrected chi connectivity index (χ1v) is 7.53. The molecule has 2 aliphatic heterocycles. The van der Waals surface area contributed by atoms with Crippen LogP contribution in [0.3, 0.4) is 0 Å². The number of amides is 1. The lowest BCUT2D eigenvalue weighted by molar-refractivity contribution is -0.124. The van der Waals surface area contributed by atoms with Crippen LogP contribution in [0.5, 0.6) is 0 Å². The van der Waals surface area contributed by atoms with Gasteiger partial charge in [0.05, 0.1) is 6.54 Å². The maximum atomic E-state index is 12.1. The Balaban J connectivity index is 0.00000200. The van der Waals surface area contributed by atoms with Crippen LogP contribution >= 0.6 is 12.4 Å². The fourth-order valence-corrected chi connectivity index (χ4v) is 3.11. The number of nitrogens with two attached hydrogens (primary N) is 1. The lowest BCUT2D eigenvalue weighted by atomic mass is 9.97. The highest BCUT2D eigenvalue weighted by molar-refractivity contribution is 5.85. The van der Waals surface area contributed by atoms with Gasteiger partial charge in [-0.2, -0.15) is 0 Å². The predicted octanol–water partition coefficient (Wildman–Crippen LogP) is 0.905. The largest absolute Gasteiger partial charge is 0.381 e. The fourth-order valence-electron chi connectivity index (χ4n) is 3.11. The van der Waals surface area contributed by atoms with E-state index in [-0.39, 0.29) is 24.4 Å². The van der Waals surface area contributed by atoms with Crippen molar-refractivity contribution in [3.05, 3.63) is 0 Å². The Labute approximate surface area is 128 Å². The molecule has 0 spiro atoms. The van der Waals surface area contributed by atoms with Gasteiger partial charge in [0, 0.05) is 31.3 Å². The summed E-state index contributed by atoms with van der Waals surface area (Å²) >= 11 is 0. The molecule has 0 aromatic carbocycles. The van der Waals surface area contributed by atoms with Gasteiger partial charge in [0.15, 0.2) is 0 Å². The van der Waals surface area contributed by atoms with Crippen LogP contribution in [0, 0.1) is 0 Å². The number of nitrogens with one attached hydrogen (secondary N) is 1. The van der Waals surface area contributed by atoms with E-state index in [0.29, 0.717) is 18.6 Å². The molecule has 2 heterocycles. The summed E-state index contributed by atoms with van der Waals surface area (Å²) < 4.78 is 5.30. The fraction of sp³-hybridized carbons (Fsp3) is 0.929. The molecule has 6 heteroatoms. The zero-order valence-corrected chi connectivity index (χ0v) is 13.2. The van der Waals surface area contributed by atoms with Gasteiger partial charge in [0.25, 0.3) is 0 Å². The van der Waals surface area contributed by atoms with Crippen molar-refractivity contribution >= 4 is 18.3 Å². The molecule has 20 heavy (non-hydrogen) atoms. The van der Waals surface area contributed by atoms with E-state index < -0.39 is 0 Å². The Kier molecular flexibility index (Phi) is 7.80. The molecule has 2 fully saturated rings. The summed E-state index contributed by atoms with van der Waals surface area (Å²) in [5.41, 5.74) is 6.03. The van der Waals surface area contributed by atoms with Crippen molar-refractivity contribution < 1.29 is 9.53 Å². The molecule has 118 valence electrons. The first-order chi connectivity index (χ1) is 9.16. The lowest BCUT2D eigenvalue weighted by Crippen LogP contribution is -2.53. The molecule has 2 unspecified atom stereocenters. The lowest BCUT2D eigenvalue weighted by Gasteiger charge is -2.37. The summed E-state index contributed by atoms with van der Waals surface area (Å²) in [6.45, 7) is 5.05. The minimum absolute atomic E-state index is 0. The number of carbonyl (C=O) groups excluding carboxylic acids is 1. The number of hydrogen-bond acceptors (Lipinski definition) is 4. The van der Waals surface area contributed by atoms with Gasteiger partial charge in [0.2, 0.25) is 5.91 Å². The molecule has 2 rings (SSSR count). The SMILES string of the molecule is CC(N)C1CCCCN1CC(=O)NC1CCOCC1.Cl. The predicted molar refractivity (Wildman–Crippen MR) is 82.1 cm³/mol. The second kappa shape index (κ2) is 8.82.